The van der Waals surface area contributed by atoms with E-state index in [1.54, 1.807) is 0 Å². The first-order valence-electron chi connectivity index (χ1n) is 7.96. The van der Waals surface area contributed by atoms with Gasteiger partial charge in [0.25, 0.3) is 0 Å². The van der Waals surface area contributed by atoms with Gasteiger partial charge >= 0.3 is 0 Å². The van der Waals surface area contributed by atoms with E-state index in [0.29, 0.717) is 11.5 Å². The van der Waals surface area contributed by atoms with Gasteiger partial charge in [-0.25, -0.2) is 0 Å². The van der Waals surface area contributed by atoms with E-state index in [0.717, 1.165) is 12.0 Å². The molecule has 0 aromatic carbocycles. The minimum atomic E-state index is 0.382. The van der Waals surface area contributed by atoms with Crippen LogP contribution in [0.4, 0.5) is 0 Å². The normalized spacial score (nSPS) is 36.3. The van der Waals surface area contributed by atoms with Crippen LogP contribution in [0.25, 0.3) is 0 Å². The maximum Gasteiger partial charge on any atom is 0.0244 e. The Morgan fingerprint density at radius 1 is 1.06 bits per heavy atom. The van der Waals surface area contributed by atoms with Crippen molar-refractivity contribution in [1.82, 2.24) is 10.2 Å². The molecule has 18 heavy (non-hydrogen) atoms. The van der Waals surface area contributed by atoms with E-state index in [1.165, 1.54) is 51.7 Å². The third kappa shape index (κ3) is 3.48. The number of rotatable bonds is 1. The Morgan fingerprint density at radius 3 is 2.50 bits per heavy atom. The van der Waals surface area contributed by atoms with Gasteiger partial charge in [-0.15, -0.1) is 0 Å². The van der Waals surface area contributed by atoms with Crippen LogP contribution in [0.15, 0.2) is 0 Å². The lowest BCUT2D eigenvalue weighted by Crippen LogP contribution is -2.59. The Morgan fingerprint density at radius 2 is 1.78 bits per heavy atom. The SMILES string of the molecule is CC1CCCCCC1N1CCNC(C(C)(C)C)C1. The molecule has 0 aromatic heterocycles. The molecule has 2 aliphatic rings. The van der Waals surface area contributed by atoms with Crippen molar-refractivity contribution in [3.05, 3.63) is 0 Å². The fraction of sp³-hybridized carbons (Fsp3) is 1.00. The second-order valence-electron chi connectivity index (χ2n) is 7.55. The van der Waals surface area contributed by atoms with E-state index in [-0.39, 0.29) is 0 Å². The number of hydrogen-bond acceptors (Lipinski definition) is 2. The van der Waals surface area contributed by atoms with Crippen LogP contribution >= 0.6 is 0 Å². The van der Waals surface area contributed by atoms with E-state index >= 15 is 0 Å². The maximum atomic E-state index is 3.72. The van der Waals surface area contributed by atoms with Gasteiger partial charge < -0.3 is 5.32 Å². The van der Waals surface area contributed by atoms with Crippen LogP contribution in [0.5, 0.6) is 0 Å². The van der Waals surface area contributed by atoms with Gasteiger partial charge in [-0.2, -0.15) is 0 Å². The van der Waals surface area contributed by atoms with E-state index in [4.69, 9.17) is 0 Å². The van der Waals surface area contributed by atoms with Crippen molar-refractivity contribution in [2.75, 3.05) is 19.6 Å². The minimum Gasteiger partial charge on any atom is -0.311 e. The first-order valence-corrected chi connectivity index (χ1v) is 7.96. The monoisotopic (exact) mass is 252 g/mol. The average Bonchev–Trinajstić information content (AvgIpc) is 2.53. The van der Waals surface area contributed by atoms with Crippen LogP contribution < -0.4 is 5.32 Å². The molecule has 2 fully saturated rings. The average molecular weight is 252 g/mol. The van der Waals surface area contributed by atoms with E-state index in [1.807, 2.05) is 0 Å². The largest absolute Gasteiger partial charge is 0.311 e. The zero-order valence-corrected chi connectivity index (χ0v) is 12.8. The third-order valence-corrected chi connectivity index (χ3v) is 5.04. The van der Waals surface area contributed by atoms with Crippen molar-refractivity contribution in [2.45, 2.75) is 71.9 Å². The summed E-state index contributed by atoms with van der Waals surface area (Å²) in [6.07, 6.45) is 7.22. The zero-order valence-electron chi connectivity index (χ0n) is 12.8. The minimum absolute atomic E-state index is 0.382. The molecule has 0 aromatic rings. The molecular formula is C16H32N2. The van der Waals surface area contributed by atoms with Crippen molar-refractivity contribution < 1.29 is 0 Å². The third-order valence-electron chi connectivity index (χ3n) is 5.04. The van der Waals surface area contributed by atoms with Crippen molar-refractivity contribution in [3.8, 4) is 0 Å². The lowest BCUT2D eigenvalue weighted by molar-refractivity contribution is 0.0706. The Hall–Kier alpha value is -0.0800. The molecule has 1 heterocycles. The summed E-state index contributed by atoms with van der Waals surface area (Å²) in [5.74, 6) is 0.895. The van der Waals surface area contributed by atoms with Gasteiger partial charge in [0.15, 0.2) is 0 Å². The lowest BCUT2D eigenvalue weighted by Gasteiger charge is -2.45. The predicted octanol–water partition coefficient (Wildman–Crippen LogP) is 3.28. The van der Waals surface area contributed by atoms with Gasteiger partial charge in [0.2, 0.25) is 0 Å². The molecule has 1 N–H and O–H groups in total. The van der Waals surface area contributed by atoms with Crippen molar-refractivity contribution in [1.29, 1.82) is 0 Å². The van der Waals surface area contributed by atoms with Gasteiger partial charge in [0.05, 0.1) is 0 Å². The molecule has 2 rings (SSSR count). The fourth-order valence-corrected chi connectivity index (χ4v) is 3.67. The molecule has 0 bridgehead atoms. The van der Waals surface area contributed by atoms with Crippen LogP contribution in [0, 0.1) is 11.3 Å². The van der Waals surface area contributed by atoms with Crippen LogP contribution in [0.3, 0.4) is 0 Å². The lowest BCUT2D eigenvalue weighted by atomic mass is 9.84. The van der Waals surface area contributed by atoms with Gasteiger partial charge in [-0.05, 0) is 24.2 Å². The highest BCUT2D eigenvalue weighted by molar-refractivity contribution is 4.91. The standard InChI is InChI=1S/C16H32N2/c1-13-8-6-5-7-9-14(13)18-11-10-17-15(12-18)16(2,3)4/h13-15,17H,5-12H2,1-4H3. The molecule has 3 atom stereocenters. The molecular weight excluding hydrogens is 220 g/mol. The molecule has 1 saturated carbocycles. The van der Waals surface area contributed by atoms with Gasteiger partial charge in [0, 0.05) is 31.7 Å². The summed E-state index contributed by atoms with van der Waals surface area (Å²) < 4.78 is 0. The highest BCUT2D eigenvalue weighted by Gasteiger charge is 2.34. The molecule has 3 unspecified atom stereocenters. The fourth-order valence-electron chi connectivity index (χ4n) is 3.67. The van der Waals surface area contributed by atoms with Gasteiger partial charge in [-0.3, -0.25) is 4.90 Å². The molecule has 2 nitrogen and oxygen atoms in total. The number of hydrogen-bond donors (Lipinski definition) is 1. The Bertz CT molecular complexity index is 256. The molecule has 0 amide bonds. The second-order valence-corrected chi connectivity index (χ2v) is 7.55. The van der Waals surface area contributed by atoms with Gasteiger partial charge in [0.1, 0.15) is 0 Å². The molecule has 0 radical (unpaired) electrons. The topological polar surface area (TPSA) is 15.3 Å². The Balaban J connectivity index is 1.98. The van der Waals surface area contributed by atoms with Crippen molar-refractivity contribution in [2.24, 2.45) is 11.3 Å². The summed E-state index contributed by atoms with van der Waals surface area (Å²) in [5.41, 5.74) is 0.382. The summed E-state index contributed by atoms with van der Waals surface area (Å²) in [7, 11) is 0. The summed E-state index contributed by atoms with van der Waals surface area (Å²) in [6.45, 7) is 13.2. The van der Waals surface area contributed by atoms with Crippen molar-refractivity contribution >= 4 is 0 Å². The molecule has 1 saturated heterocycles. The Labute approximate surface area is 114 Å². The summed E-state index contributed by atoms with van der Waals surface area (Å²) in [6, 6.07) is 1.50. The quantitative estimate of drug-likeness (QED) is 0.721. The molecule has 1 aliphatic heterocycles. The maximum absolute atomic E-state index is 3.72. The zero-order chi connectivity index (χ0) is 13.2. The van der Waals surface area contributed by atoms with Gasteiger partial charge in [-0.1, -0.05) is 47.0 Å². The van der Waals surface area contributed by atoms with E-state index in [2.05, 4.69) is 37.9 Å². The number of nitrogens with one attached hydrogen (secondary N) is 1. The molecule has 1 aliphatic carbocycles. The smallest absolute Gasteiger partial charge is 0.0244 e. The molecule has 2 heteroatoms. The summed E-state index contributed by atoms with van der Waals surface area (Å²) in [4.78, 5) is 2.79. The predicted molar refractivity (Wildman–Crippen MR) is 78.9 cm³/mol. The Kier molecular flexibility index (Phi) is 4.71. The highest BCUT2D eigenvalue weighted by atomic mass is 15.2. The van der Waals surface area contributed by atoms with Crippen molar-refractivity contribution in [3.63, 3.8) is 0 Å². The van der Waals surface area contributed by atoms with Crippen LogP contribution in [-0.4, -0.2) is 36.6 Å². The first-order chi connectivity index (χ1) is 8.48. The van der Waals surface area contributed by atoms with E-state index in [9.17, 15) is 0 Å². The summed E-state index contributed by atoms with van der Waals surface area (Å²) in [5, 5.41) is 3.72. The second kappa shape index (κ2) is 5.92. The van der Waals surface area contributed by atoms with E-state index < -0.39 is 0 Å². The molecule has 106 valence electrons. The van der Waals surface area contributed by atoms with Crippen LogP contribution in [0.1, 0.15) is 59.8 Å². The first kappa shape index (κ1) is 14.3. The van der Waals surface area contributed by atoms with Crippen LogP contribution in [-0.2, 0) is 0 Å². The highest BCUT2D eigenvalue weighted by Crippen LogP contribution is 2.30. The summed E-state index contributed by atoms with van der Waals surface area (Å²) >= 11 is 0. The number of piperazine rings is 1. The number of nitrogens with zero attached hydrogens (tertiary/aromatic N) is 1. The molecule has 0 spiro atoms. The van der Waals surface area contributed by atoms with Crippen LogP contribution in [0.2, 0.25) is 0 Å².